The van der Waals surface area contributed by atoms with E-state index in [4.69, 9.17) is 11.6 Å². The average molecular weight is 354 g/mol. The molecule has 0 bridgehead atoms. The highest BCUT2D eigenvalue weighted by Gasteiger charge is 2.31. The summed E-state index contributed by atoms with van der Waals surface area (Å²) in [6, 6.07) is 1.15. The van der Waals surface area contributed by atoms with Crippen molar-refractivity contribution >= 4 is 38.6 Å². The summed E-state index contributed by atoms with van der Waals surface area (Å²) in [5.41, 5.74) is -0.387. The van der Waals surface area contributed by atoms with Crippen LogP contribution in [0.2, 0.25) is 4.34 Å². The Hall–Kier alpha value is -0.740. The van der Waals surface area contributed by atoms with Gasteiger partial charge in [0.05, 0.1) is 4.92 Å². The number of halogens is 1. The summed E-state index contributed by atoms with van der Waals surface area (Å²) < 4.78 is 24.4. The highest BCUT2D eigenvalue weighted by Crippen LogP contribution is 2.36. The van der Waals surface area contributed by atoms with Crippen LogP contribution in [0.1, 0.15) is 33.1 Å². The molecule has 10 heteroatoms. The van der Waals surface area contributed by atoms with Gasteiger partial charge in [-0.25, -0.2) is 13.4 Å². The zero-order chi connectivity index (χ0) is 15.8. The van der Waals surface area contributed by atoms with Gasteiger partial charge in [0.1, 0.15) is 4.21 Å². The van der Waals surface area contributed by atoms with Crippen molar-refractivity contribution in [3.05, 3.63) is 20.5 Å². The molecule has 1 aliphatic rings. The molecule has 0 saturated carbocycles. The minimum Gasteiger partial charge on any atom is -0.258 e. The van der Waals surface area contributed by atoms with Crippen LogP contribution in [0.3, 0.4) is 0 Å². The highest BCUT2D eigenvalue weighted by molar-refractivity contribution is 7.91. The fraction of sp³-hybridized carbons (Fsp3) is 0.636. The predicted molar refractivity (Wildman–Crippen MR) is 80.9 cm³/mol. The third-order valence-electron chi connectivity index (χ3n) is 3.53. The Morgan fingerprint density at radius 1 is 1.43 bits per heavy atom. The molecule has 2 atom stereocenters. The molecule has 118 valence electrons. The number of hydrogen-bond acceptors (Lipinski definition) is 6. The molecule has 2 rings (SSSR count). The summed E-state index contributed by atoms with van der Waals surface area (Å²) in [6.45, 7) is 3.89. The average Bonchev–Trinajstić information content (AvgIpc) is 2.77. The van der Waals surface area contributed by atoms with Gasteiger partial charge in [0, 0.05) is 18.2 Å². The molecular formula is C11H16ClN3O4S2. The van der Waals surface area contributed by atoms with Crippen molar-refractivity contribution in [1.82, 2.24) is 9.84 Å². The first kappa shape index (κ1) is 16.6. The van der Waals surface area contributed by atoms with Crippen LogP contribution >= 0.6 is 22.9 Å². The van der Waals surface area contributed by atoms with Crippen molar-refractivity contribution in [2.45, 2.75) is 49.4 Å². The zero-order valence-corrected chi connectivity index (χ0v) is 14.0. The molecule has 1 N–H and O–H groups in total. The first-order chi connectivity index (χ1) is 9.72. The van der Waals surface area contributed by atoms with E-state index in [9.17, 15) is 18.5 Å². The lowest BCUT2D eigenvalue weighted by atomic mass is 10.0. The normalized spacial score (nSPS) is 24.1. The topological polar surface area (TPSA) is 92.6 Å². The molecule has 0 radical (unpaired) electrons. The van der Waals surface area contributed by atoms with Crippen molar-refractivity contribution in [2.75, 3.05) is 0 Å². The molecule has 21 heavy (non-hydrogen) atoms. The summed E-state index contributed by atoms with van der Waals surface area (Å²) in [7, 11) is -3.86. The number of hydrazine groups is 1. The van der Waals surface area contributed by atoms with Crippen molar-refractivity contribution in [1.29, 1.82) is 0 Å². The van der Waals surface area contributed by atoms with Gasteiger partial charge in [0.15, 0.2) is 4.34 Å². The number of nitro groups is 1. The van der Waals surface area contributed by atoms with Gasteiger partial charge in [-0.3, -0.25) is 10.1 Å². The van der Waals surface area contributed by atoms with Gasteiger partial charge in [0.25, 0.3) is 15.7 Å². The van der Waals surface area contributed by atoms with Crippen LogP contribution in [0.4, 0.5) is 5.69 Å². The number of sulfonamides is 1. The minimum absolute atomic E-state index is 0.0777. The first-order valence-corrected chi connectivity index (χ1v) is 9.14. The number of nitrogens with zero attached hydrogens (tertiary/aromatic N) is 2. The maximum absolute atomic E-state index is 12.4. The van der Waals surface area contributed by atoms with Gasteiger partial charge in [-0.2, -0.15) is 0 Å². The number of piperidine rings is 1. The highest BCUT2D eigenvalue weighted by atomic mass is 35.5. The molecule has 1 fully saturated rings. The van der Waals surface area contributed by atoms with E-state index < -0.39 is 14.9 Å². The molecule has 0 spiro atoms. The van der Waals surface area contributed by atoms with E-state index in [-0.39, 0.29) is 26.3 Å². The van der Waals surface area contributed by atoms with Gasteiger partial charge >= 0.3 is 0 Å². The van der Waals surface area contributed by atoms with Crippen LogP contribution in [0, 0.1) is 10.1 Å². The quantitative estimate of drug-likeness (QED) is 0.663. The number of nitrogens with one attached hydrogen (secondary N) is 1. The monoisotopic (exact) mass is 353 g/mol. The fourth-order valence-corrected chi connectivity index (χ4v) is 5.27. The Morgan fingerprint density at radius 2 is 2.00 bits per heavy atom. The lowest BCUT2D eigenvalue weighted by molar-refractivity contribution is -0.384. The van der Waals surface area contributed by atoms with E-state index in [1.165, 1.54) is 0 Å². The molecular weight excluding hydrogens is 338 g/mol. The van der Waals surface area contributed by atoms with Crippen molar-refractivity contribution in [3.8, 4) is 0 Å². The number of hydrogen-bond donors (Lipinski definition) is 1. The van der Waals surface area contributed by atoms with E-state index in [2.05, 4.69) is 4.83 Å². The SMILES string of the molecule is CC1CCCC(C)N1NS(=O)(=O)c1cc([N+](=O)[O-])c(Cl)s1. The van der Waals surface area contributed by atoms with E-state index in [0.29, 0.717) is 11.3 Å². The van der Waals surface area contributed by atoms with Crippen LogP contribution in [0.25, 0.3) is 0 Å². The summed E-state index contributed by atoms with van der Waals surface area (Å²) in [4.78, 5) is 12.6. The molecule has 7 nitrogen and oxygen atoms in total. The Labute approximate surface area is 132 Å². The van der Waals surface area contributed by atoms with Gasteiger partial charge in [0.2, 0.25) is 0 Å². The van der Waals surface area contributed by atoms with Crippen LogP contribution in [0.15, 0.2) is 10.3 Å². The van der Waals surface area contributed by atoms with Gasteiger partial charge in [-0.1, -0.05) is 18.0 Å². The summed E-state index contributed by atoms with van der Waals surface area (Å²) >= 11 is 6.40. The fourth-order valence-electron chi connectivity index (χ4n) is 2.38. The Kier molecular flexibility index (Phi) is 4.89. The summed E-state index contributed by atoms with van der Waals surface area (Å²) in [6.07, 6.45) is 2.85. The van der Waals surface area contributed by atoms with E-state index in [1.54, 1.807) is 5.01 Å². The Balaban J connectivity index is 2.26. The molecule has 0 aromatic carbocycles. The minimum atomic E-state index is -3.86. The molecule has 1 aliphatic heterocycles. The van der Waals surface area contributed by atoms with Crippen molar-refractivity contribution in [2.24, 2.45) is 0 Å². The van der Waals surface area contributed by atoms with Crippen LogP contribution in [0.5, 0.6) is 0 Å². The van der Waals surface area contributed by atoms with Gasteiger partial charge in [-0.05, 0) is 26.7 Å². The van der Waals surface area contributed by atoms with Gasteiger partial charge < -0.3 is 0 Å². The smallest absolute Gasteiger partial charge is 0.258 e. The molecule has 1 aromatic heterocycles. The third-order valence-corrected chi connectivity index (χ3v) is 6.67. The second kappa shape index (κ2) is 6.17. The predicted octanol–water partition coefficient (Wildman–Crippen LogP) is 2.77. The van der Waals surface area contributed by atoms with E-state index in [0.717, 1.165) is 25.3 Å². The van der Waals surface area contributed by atoms with Crippen molar-refractivity contribution in [3.63, 3.8) is 0 Å². The van der Waals surface area contributed by atoms with E-state index in [1.807, 2.05) is 13.8 Å². The van der Waals surface area contributed by atoms with Crippen LogP contribution < -0.4 is 4.83 Å². The second-order valence-electron chi connectivity index (χ2n) is 5.11. The lowest BCUT2D eigenvalue weighted by Crippen LogP contribution is -2.53. The largest absolute Gasteiger partial charge is 0.300 e. The molecule has 1 aromatic rings. The van der Waals surface area contributed by atoms with E-state index >= 15 is 0 Å². The summed E-state index contributed by atoms with van der Waals surface area (Å²) in [5, 5.41) is 12.5. The van der Waals surface area contributed by atoms with Gasteiger partial charge in [-0.15, -0.1) is 16.2 Å². The molecule has 0 amide bonds. The zero-order valence-electron chi connectivity index (χ0n) is 11.6. The number of rotatable bonds is 4. The Morgan fingerprint density at radius 3 is 2.48 bits per heavy atom. The molecule has 2 heterocycles. The standard InChI is InChI=1S/C11H16ClN3O4S2/c1-7-4-3-5-8(2)14(7)13-21(18,19)10-6-9(15(16)17)11(12)20-10/h6-8,13H,3-5H2,1-2H3. The molecule has 2 unspecified atom stereocenters. The van der Waals surface area contributed by atoms with Crippen molar-refractivity contribution < 1.29 is 13.3 Å². The van der Waals surface area contributed by atoms with Crippen LogP contribution in [-0.2, 0) is 10.0 Å². The maximum atomic E-state index is 12.4. The molecule has 1 saturated heterocycles. The van der Waals surface area contributed by atoms with Crippen LogP contribution in [-0.4, -0.2) is 30.4 Å². The third kappa shape index (κ3) is 3.54. The molecule has 0 aliphatic carbocycles. The Bertz CT molecular complexity index is 636. The summed E-state index contributed by atoms with van der Waals surface area (Å²) in [5.74, 6) is 0. The maximum Gasteiger partial charge on any atom is 0.300 e. The first-order valence-electron chi connectivity index (χ1n) is 6.47. The number of thiophene rings is 1. The lowest BCUT2D eigenvalue weighted by Gasteiger charge is -2.38. The second-order valence-corrected chi connectivity index (χ2v) is 8.65.